The lowest BCUT2D eigenvalue weighted by molar-refractivity contribution is 0.0736. The first kappa shape index (κ1) is 13.7. The highest BCUT2D eigenvalue weighted by atomic mass is 16.7. The summed E-state index contributed by atoms with van der Waals surface area (Å²) in [6.07, 6.45) is 0.833. The molecule has 2 aliphatic rings. The molecule has 0 aliphatic carbocycles. The summed E-state index contributed by atoms with van der Waals surface area (Å²) in [5.74, 6) is 1.74. The molecule has 0 aromatic heterocycles. The minimum atomic E-state index is 0.251. The minimum absolute atomic E-state index is 0.251. The molecule has 0 bridgehead atoms. The Balaban J connectivity index is 1.68. The lowest BCUT2D eigenvalue weighted by Gasteiger charge is -2.39. The van der Waals surface area contributed by atoms with E-state index in [0.29, 0.717) is 12.8 Å². The number of likely N-dealkylation sites (N-methyl/N-ethyl adjacent to an activating group) is 1. The van der Waals surface area contributed by atoms with E-state index >= 15 is 0 Å². The van der Waals surface area contributed by atoms with Crippen molar-refractivity contribution in [1.82, 2.24) is 9.80 Å². The van der Waals surface area contributed by atoms with Crippen molar-refractivity contribution in [2.45, 2.75) is 19.0 Å². The standard InChI is InChI=1S/C15H22N2O3/c1-16-6-7-17(10-13(16)5-8-18)9-12-3-2-4-14-15(12)20-11-19-14/h2-4,13,18H,5-11H2,1H3/t13-/m0/s1. The number of rotatable bonds is 4. The monoisotopic (exact) mass is 278 g/mol. The molecule has 110 valence electrons. The predicted octanol–water partition coefficient (Wildman–Crippen LogP) is 0.914. The molecule has 1 aromatic rings. The van der Waals surface area contributed by atoms with Crippen LogP contribution in [0.3, 0.4) is 0 Å². The van der Waals surface area contributed by atoms with Gasteiger partial charge in [0.2, 0.25) is 6.79 Å². The van der Waals surface area contributed by atoms with Crippen molar-refractivity contribution in [2.24, 2.45) is 0 Å². The van der Waals surface area contributed by atoms with Crippen LogP contribution in [0.15, 0.2) is 18.2 Å². The Kier molecular flexibility index (Phi) is 4.10. The fraction of sp³-hybridized carbons (Fsp3) is 0.600. The molecule has 1 N–H and O–H groups in total. The van der Waals surface area contributed by atoms with Gasteiger partial charge in [-0.25, -0.2) is 0 Å². The third-order valence-corrected chi connectivity index (χ3v) is 4.20. The lowest BCUT2D eigenvalue weighted by atomic mass is 10.1. The largest absolute Gasteiger partial charge is 0.454 e. The van der Waals surface area contributed by atoms with Crippen LogP contribution in [0.4, 0.5) is 0 Å². The van der Waals surface area contributed by atoms with Crippen molar-refractivity contribution in [1.29, 1.82) is 0 Å². The average molecular weight is 278 g/mol. The first-order chi connectivity index (χ1) is 9.78. The van der Waals surface area contributed by atoms with Crippen LogP contribution in [0.25, 0.3) is 0 Å². The Morgan fingerprint density at radius 3 is 3.05 bits per heavy atom. The second-order valence-electron chi connectivity index (χ2n) is 5.53. The summed E-state index contributed by atoms with van der Waals surface area (Å²) in [6.45, 7) is 4.52. The summed E-state index contributed by atoms with van der Waals surface area (Å²) in [5.41, 5.74) is 1.19. The molecule has 1 atom stereocenters. The van der Waals surface area contributed by atoms with Crippen LogP contribution < -0.4 is 9.47 Å². The van der Waals surface area contributed by atoms with Crippen LogP contribution in [0.5, 0.6) is 11.5 Å². The summed E-state index contributed by atoms with van der Waals surface area (Å²) in [6, 6.07) is 6.50. The van der Waals surface area contributed by atoms with Gasteiger partial charge in [0.25, 0.3) is 0 Å². The number of para-hydroxylation sites is 1. The maximum absolute atomic E-state index is 9.16. The summed E-state index contributed by atoms with van der Waals surface area (Å²) in [5, 5.41) is 9.16. The minimum Gasteiger partial charge on any atom is -0.454 e. The first-order valence-electron chi connectivity index (χ1n) is 7.19. The molecular weight excluding hydrogens is 256 g/mol. The van der Waals surface area contributed by atoms with Gasteiger partial charge in [-0.05, 0) is 19.5 Å². The van der Waals surface area contributed by atoms with Crippen molar-refractivity contribution in [3.05, 3.63) is 23.8 Å². The van der Waals surface area contributed by atoms with Crippen LogP contribution in [-0.4, -0.2) is 61.0 Å². The highest BCUT2D eigenvalue weighted by Gasteiger charge is 2.25. The zero-order chi connectivity index (χ0) is 13.9. The quantitative estimate of drug-likeness (QED) is 0.887. The summed E-state index contributed by atoms with van der Waals surface area (Å²) in [7, 11) is 2.13. The van der Waals surface area contributed by atoms with Crippen molar-refractivity contribution in [2.75, 3.05) is 40.1 Å². The lowest BCUT2D eigenvalue weighted by Crippen LogP contribution is -2.51. The van der Waals surface area contributed by atoms with Crippen LogP contribution in [0.1, 0.15) is 12.0 Å². The molecule has 1 saturated heterocycles. The van der Waals surface area contributed by atoms with Gasteiger partial charge >= 0.3 is 0 Å². The average Bonchev–Trinajstić information content (AvgIpc) is 2.92. The van der Waals surface area contributed by atoms with Crippen molar-refractivity contribution in [3.63, 3.8) is 0 Å². The molecule has 0 radical (unpaired) electrons. The van der Waals surface area contributed by atoms with Crippen molar-refractivity contribution >= 4 is 0 Å². The summed E-state index contributed by atoms with van der Waals surface area (Å²) in [4.78, 5) is 4.76. The Hall–Kier alpha value is -1.30. The van der Waals surface area contributed by atoms with Crippen molar-refractivity contribution in [3.8, 4) is 11.5 Å². The number of piperazine rings is 1. The van der Waals surface area contributed by atoms with Gasteiger partial charge in [-0.3, -0.25) is 4.90 Å². The topological polar surface area (TPSA) is 45.2 Å². The molecule has 20 heavy (non-hydrogen) atoms. The van der Waals surface area contributed by atoms with E-state index in [4.69, 9.17) is 14.6 Å². The molecule has 2 heterocycles. The van der Waals surface area contributed by atoms with Gasteiger partial charge in [0.1, 0.15) is 0 Å². The molecule has 0 amide bonds. The smallest absolute Gasteiger partial charge is 0.231 e. The Bertz CT molecular complexity index is 466. The highest BCUT2D eigenvalue weighted by molar-refractivity contribution is 5.48. The zero-order valence-corrected chi connectivity index (χ0v) is 11.9. The third-order valence-electron chi connectivity index (χ3n) is 4.20. The molecule has 0 unspecified atom stereocenters. The van der Waals surface area contributed by atoms with Gasteiger partial charge < -0.3 is 19.5 Å². The Morgan fingerprint density at radius 1 is 1.30 bits per heavy atom. The van der Waals surface area contributed by atoms with E-state index in [2.05, 4.69) is 22.9 Å². The van der Waals surface area contributed by atoms with Crippen LogP contribution >= 0.6 is 0 Å². The molecule has 0 spiro atoms. The number of benzene rings is 1. The number of nitrogens with zero attached hydrogens (tertiary/aromatic N) is 2. The molecular formula is C15H22N2O3. The maximum atomic E-state index is 9.16. The van der Waals surface area contributed by atoms with Crippen molar-refractivity contribution < 1.29 is 14.6 Å². The number of ether oxygens (including phenoxy) is 2. The van der Waals surface area contributed by atoms with Crippen LogP contribution in [0, 0.1) is 0 Å². The zero-order valence-electron chi connectivity index (χ0n) is 11.9. The molecule has 3 rings (SSSR count). The van der Waals surface area contributed by atoms with Gasteiger partial charge in [-0.15, -0.1) is 0 Å². The fourth-order valence-corrected chi connectivity index (χ4v) is 2.97. The molecule has 1 fully saturated rings. The molecule has 2 aliphatic heterocycles. The second kappa shape index (κ2) is 5.99. The fourth-order valence-electron chi connectivity index (χ4n) is 2.97. The number of fused-ring (bicyclic) bond motifs is 1. The van der Waals surface area contributed by atoms with Gasteiger partial charge in [0, 0.05) is 44.4 Å². The highest BCUT2D eigenvalue weighted by Crippen LogP contribution is 2.36. The second-order valence-corrected chi connectivity index (χ2v) is 5.53. The SMILES string of the molecule is CN1CCN(Cc2cccc3c2OCO3)C[C@@H]1CCO. The van der Waals surface area contributed by atoms with Gasteiger partial charge in [0.15, 0.2) is 11.5 Å². The number of hydrogen-bond donors (Lipinski definition) is 1. The van der Waals surface area contributed by atoms with E-state index in [-0.39, 0.29) is 6.61 Å². The predicted molar refractivity (Wildman–Crippen MR) is 76.0 cm³/mol. The third kappa shape index (κ3) is 2.75. The first-order valence-corrected chi connectivity index (χ1v) is 7.19. The summed E-state index contributed by atoms with van der Waals surface area (Å²) < 4.78 is 11.0. The van der Waals surface area contributed by atoms with E-state index < -0.39 is 0 Å². The van der Waals surface area contributed by atoms with Gasteiger partial charge in [0.05, 0.1) is 0 Å². The number of aliphatic hydroxyl groups excluding tert-OH is 1. The van der Waals surface area contributed by atoms with Crippen LogP contribution in [0.2, 0.25) is 0 Å². The molecule has 0 saturated carbocycles. The number of aliphatic hydroxyl groups is 1. The molecule has 1 aromatic carbocycles. The van der Waals surface area contributed by atoms with E-state index in [1.807, 2.05) is 12.1 Å². The molecule has 5 nitrogen and oxygen atoms in total. The van der Waals surface area contributed by atoms with Crippen LogP contribution in [-0.2, 0) is 6.54 Å². The van der Waals surface area contributed by atoms with Gasteiger partial charge in [-0.1, -0.05) is 12.1 Å². The Morgan fingerprint density at radius 2 is 2.20 bits per heavy atom. The van der Waals surface area contributed by atoms with E-state index in [1.54, 1.807) is 0 Å². The normalized spacial score (nSPS) is 23.2. The van der Waals surface area contributed by atoms with E-state index in [1.165, 1.54) is 5.56 Å². The maximum Gasteiger partial charge on any atom is 0.231 e. The number of hydrogen-bond acceptors (Lipinski definition) is 5. The van der Waals surface area contributed by atoms with Gasteiger partial charge in [-0.2, -0.15) is 0 Å². The Labute approximate surface area is 119 Å². The molecule has 5 heteroatoms. The van der Waals surface area contributed by atoms with E-state index in [9.17, 15) is 0 Å². The summed E-state index contributed by atoms with van der Waals surface area (Å²) >= 11 is 0. The van der Waals surface area contributed by atoms with E-state index in [0.717, 1.165) is 44.1 Å².